The Morgan fingerprint density at radius 2 is 2.10 bits per heavy atom. The number of nitriles is 1. The summed E-state index contributed by atoms with van der Waals surface area (Å²) in [6.45, 7) is 5.36. The highest BCUT2D eigenvalue weighted by molar-refractivity contribution is 5.97. The summed E-state index contributed by atoms with van der Waals surface area (Å²) >= 11 is 0. The van der Waals surface area contributed by atoms with Crippen molar-refractivity contribution in [2.45, 2.75) is 64.5 Å². The molecule has 0 spiro atoms. The lowest BCUT2D eigenvalue weighted by Gasteiger charge is -2.22. The van der Waals surface area contributed by atoms with Gasteiger partial charge in [0.25, 0.3) is 5.91 Å². The maximum Gasteiger partial charge on any atom is 0.263 e. The fraction of sp³-hybridized carbons (Fsp3) is 0.750. The molecule has 1 fully saturated rings. The lowest BCUT2D eigenvalue weighted by molar-refractivity contribution is -0.118. The lowest BCUT2D eigenvalue weighted by Crippen LogP contribution is -2.37. The van der Waals surface area contributed by atoms with E-state index in [0.29, 0.717) is 13.2 Å². The second-order valence-corrected chi connectivity index (χ2v) is 5.71. The normalized spacial score (nSPS) is 16.6. The summed E-state index contributed by atoms with van der Waals surface area (Å²) < 4.78 is 5.42. The highest BCUT2D eigenvalue weighted by Crippen LogP contribution is 2.17. The Balaban J connectivity index is 2.26. The third kappa shape index (κ3) is 7.72. The Labute approximate surface area is 127 Å². The zero-order valence-corrected chi connectivity index (χ0v) is 13.2. The first-order chi connectivity index (χ1) is 10.1. The summed E-state index contributed by atoms with van der Waals surface area (Å²) in [4.78, 5) is 12.0. The minimum atomic E-state index is -0.268. The van der Waals surface area contributed by atoms with Crippen LogP contribution >= 0.6 is 0 Å². The van der Waals surface area contributed by atoms with Gasteiger partial charge in [-0.25, -0.2) is 0 Å². The van der Waals surface area contributed by atoms with Crippen molar-refractivity contribution in [3.05, 3.63) is 11.8 Å². The van der Waals surface area contributed by atoms with E-state index in [4.69, 9.17) is 10.00 Å². The number of rotatable bonds is 8. The fourth-order valence-corrected chi connectivity index (χ4v) is 2.33. The van der Waals surface area contributed by atoms with Crippen LogP contribution in [0.4, 0.5) is 0 Å². The largest absolute Gasteiger partial charge is 0.390 e. The van der Waals surface area contributed by atoms with Crippen LogP contribution in [0.5, 0.6) is 0 Å². The molecule has 0 aromatic heterocycles. The van der Waals surface area contributed by atoms with Crippen molar-refractivity contribution < 1.29 is 9.53 Å². The van der Waals surface area contributed by atoms with Crippen LogP contribution in [-0.2, 0) is 9.53 Å². The van der Waals surface area contributed by atoms with E-state index in [2.05, 4.69) is 10.6 Å². The topological polar surface area (TPSA) is 74.1 Å². The molecule has 118 valence electrons. The number of ether oxygens (including phenoxy) is 1. The van der Waals surface area contributed by atoms with E-state index in [-0.39, 0.29) is 23.6 Å². The Morgan fingerprint density at radius 3 is 2.71 bits per heavy atom. The molecule has 2 N–H and O–H groups in total. The van der Waals surface area contributed by atoms with Crippen LogP contribution < -0.4 is 10.6 Å². The van der Waals surface area contributed by atoms with Crippen molar-refractivity contribution in [1.29, 1.82) is 5.26 Å². The molecule has 1 aliphatic rings. The molecule has 1 amide bonds. The van der Waals surface area contributed by atoms with Crippen molar-refractivity contribution in [3.63, 3.8) is 0 Å². The molecule has 0 saturated heterocycles. The van der Waals surface area contributed by atoms with E-state index in [1.165, 1.54) is 12.6 Å². The molecule has 0 bridgehead atoms. The molecule has 0 aromatic rings. The Hall–Kier alpha value is -1.54. The molecule has 5 nitrogen and oxygen atoms in total. The van der Waals surface area contributed by atoms with Gasteiger partial charge in [0.05, 0.1) is 6.10 Å². The van der Waals surface area contributed by atoms with Gasteiger partial charge >= 0.3 is 0 Å². The van der Waals surface area contributed by atoms with E-state index in [1.54, 1.807) is 0 Å². The van der Waals surface area contributed by atoms with E-state index in [1.807, 2.05) is 19.9 Å². The van der Waals surface area contributed by atoms with Crippen molar-refractivity contribution in [2.75, 3.05) is 13.2 Å². The number of amides is 1. The standard InChI is InChI=1S/C16H27N3O2/c1-13(2)21-10-6-9-18-12-14(11-17)16(20)19-15-7-4-3-5-8-15/h12-13,15,18H,3-10H2,1-2H3,(H,19,20)/b14-12-. The van der Waals surface area contributed by atoms with Gasteiger partial charge in [0.2, 0.25) is 0 Å². The van der Waals surface area contributed by atoms with Crippen molar-refractivity contribution in [1.82, 2.24) is 10.6 Å². The van der Waals surface area contributed by atoms with Crippen LogP contribution in [0.25, 0.3) is 0 Å². The van der Waals surface area contributed by atoms with Gasteiger partial charge in [-0.1, -0.05) is 19.3 Å². The average molecular weight is 293 g/mol. The smallest absolute Gasteiger partial charge is 0.263 e. The van der Waals surface area contributed by atoms with Gasteiger partial charge in [-0.05, 0) is 33.1 Å². The van der Waals surface area contributed by atoms with Gasteiger partial charge in [0.1, 0.15) is 11.6 Å². The summed E-state index contributed by atoms with van der Waals surface area (Å²) in [6, 6.07) is 2.18. The molecule has 0 aliphatic heterocycles. The molecule has 1 aliphatic carbocycles. The van der Waals surface area contributed by atoms with Gasteiger partial charge < -0.3 is 15.4 Å². The quantitative estimate of drug-likeness (QED) is 0.409. The Morgan fingerprint density at radius 1 is 1.38 bits per heavy atom. The second-order valence-electron chi connectivity index (χ2n) is 5.71. The van der Waals surface area contributed by atoms with Gasteiger partial charge in [0.15, 0.2) is 0 Å². The highest BCUT2D eigenvalue weighted by atomic mass is 16.5. The summed E-state index contributed by atoms with van der Waals surface area (Å²) in [5.41, 5.74) is 0.144. The molecule has 1 rings (SSSR count). The summed E-state index contributed by atoms with van der Waals surface area (Å²) in [7, 11) is 0. The zero-order valence-electron chi connectivity index (χ0n) is 13.2. The third-order valence-corrected chi connectivity index (χ3v) is 3.47. The van der Waals surface area contributed by atoms with E-state index < -0.39 is 0 Å². The Kier molecular flexibility index (Phi) is 8.53. The maximum absolute atomic E-state index is 12.0. The molecule has 0 radical (unpaired) electrons. The third-order valence-electron chi connectivity index (χ3n) is 3.47. The van der Waals surface area contributed by atoms with E-state index in [0.717, 1.165) is 32.1 Å². The molecule has 0 unspecified atom stereocenters. The van der Waals surface area contributed by atoms with Gasteiger partial charge in [-0.2, -0.15) is 5.26 Å². The first-order valence-corrected chi connectivity index (χ1v) is 7.89. The molecule has 0 heterocycles. The van der Waals surface area contributed by atoms with Gasteiger partial charge in [0, 0.05) is 25.4 Å². The monoisotopic (exact) mass is 293 g/mol. The van der Waals surface area contributed by atoms with Crippen LogP contribution in [-0.4, -0.2) is 31.2 Å². The molecular formula is C16H27N3O2. The second kappa shape index (κ2) is 10.2. The van der Waals surface area contributed by atoms with Crippen LogP contribution in [0, 0.1) is 11.3 Å². The van der Waals surface area contributed by atoms with Crippen LogP contribution in [0.15, 0.2) is 11.8 Å². The van der Waals surface area contributed by atoms with Gasteiger partial charge in [-0.15, -0.1) is 0 Å². The SMILES string of the molecule is CC(C)OCCCN/C=C(/C#N)C(=O)NC1CCCCC1. The summed E-state index contributed by atoms with van der Waals surface area (Å²) in [6.07, 6.45) is 8.18. The van der Waals surface area contributed by atoms with E-state index in [9.17, 15) is 4.79 Å². The number of carbonyl (C=O) groups excluding carboxylic acids is 1. The first kappa shape index (κ1) is 17.5. The number of hydrogen-bond acceptors (Lipinski definition) is 4. The minimum absolute atomic E-state index is 0.144. The predicted octanol–water partition coefficient (Wildman–Crippen LogP) is 2.25. The molecule has 21 heavy (non-hydrogen) atoms. The Bertz CT molecular complexity index is 379. The van der Waals surface area contributed by atoms with Crippen LogP contribution in [0.3, 0.4) is 0 Å². The lowest BCUT2D eigenvalue weighted by atomic mass is 9.95. The van der Waals surface area contributed by atoms with E-state index >= 15 is 0 Å². The zero-order chi connectivity index (χ0) is 15.5. The first-order valence-electron chi connectivity index (χ1n) is 7.89. The summed E-state index contributed by atoms with van der Waals surface area (Å²) in [5, 5.41) is 15.0. The number of carbonyl (C=O) groups is 1. The molecule has 0 aromatic carbocycles. The van der Waals surface area contributed by atoms with Crippen molar-refractivity contribution in [2.24, 2.45) is 0 Å². The number of nitrogens with one attached hydrogen (secondary N) is 2. The highest BCUT2D eigenvalue weighted by Gasteiger charge is 2.17. The van der Waals surface area contributed by atoms with Crippen LogP contribution in [0.1, 0.15) is 52.4 Å². The molecular weight excluding hydrogens is 266 g/mol. The maximum atomic E-state index is 12.0. The summed E-state index contributed by atoms with van der Waals surface area (Å²) in [5.74, 6) is -0.268. The van der Waals surface area contributed by atoms with Crippen LogP contribution in [0.2, 0.25) is 0 Å². The minimum Gasteiger partial charge on any atom is -0.390 e. The fourth-order valence-electron chi connectivity index (χ4n) is 2.33. The molecule has 0 atom stereocenters. The molecule has 1 saturated carbocycles. The number of hydrogen-bond donors (Lipinski definition) is 2. The average Bonchev–Trinajstić information content (AvgIpc) is 2.47. The van der Waals surface area contributed by atoms with Crippen molar-refractivity contribution >= 4 is 5.91 Å². The predicted molar refractivity (Wildman–Crippen MR) is 82.4 cm³/mol. The number of nitrogens with zero attached hydrogens (tertiary/aromatic N) is 1. The molecule has 5 heteroatoms. The van der Waals surface area contributed by atoms with Crippen molar-refractivity contribution in [3.8, 4) is 6.07 Å². The van der Waals surface area contributed by atoms with Gasteiger partial charge in [-0.3, -0.25) is 4.79 Å².